The van der Waals surface area contributed by atoms with Gasteiger partial charge in [-0.1, -0.05) is 27.7 Å². The summed E-state index contributed by atoms with van der Waals surface area (Å²) in [6.45, 7) is 7.90. The van der Waals surface area contributed by atoms with Crippen LogP contribution in [-0.4, -0.2) is 46.8 Å². The summed E-state index contributed by atoms with van der Waals surface area (Å²) >= 11 is 0. The predicted octanol–water partition coefficient (Wildman–Crippen LogP) is 1.92. The molecule has 0 heterocycles. The Balaban J connectivity index is 0. The average Bonchev–Trinajstić information content (AvgIpc) is 1.53. The van der Waals surface area contributed by atoms with E-state index in [2.05, 4.69) is 0 Å². The van der Waals surface area contributed by atoms with E-state index in [1.165, 1.54) is 0 Å². The van der Waals surface area contributed by atoms with Crippen LogP contribution >= 0.6 is 7.37 Å². The molecular formula is C8H20NaO2P. The van der Waals surface area contributed by atoms with Gasteiger partial charge in [0.2, 0.25) is 7.37 Å². The molecule has 0 aliphatic heterocycles. The molecule has 70 valence electrons. The molecule has 0 bridgehead atoms. The molecule has 2 nitrogen and oxygen atoms in total. The Kier molecular flexibility index (Phi) is 8.63. The van der Waals surface area contributed by atoms with Crippen LogP contribution in [-0.2, 0) is 4.57 Å². The van der Waals surface area contributed by atoms with Gasteiger partial charge < -0.3 is 4.89 Å². The van der Waals surface area contributed by atoms with Crippen molar-refractivity contribution in [3.63, 3.8) is 0 Å². The normalized spacial score (nSPS) is 11.9. The minimum atomic E-state index is -2.80. The van der Waals surface area contributed by atoms with Gasteiger partial charge in [0.05, 0.1) is 0 Å². The third-order valence-electron chi connectivity index (χ3n) is 1.30. The van der Waals surface area contributed by atoms with Crippen LogP contribution in [0.3, 0.4) is 0 Å². The second-order valence-corrected chi connectivity index (χ2v) is 6.42. The van der Waals surface area contributed by atoms with E-state index in [0.717, 1.165) is 0 Å². The summed E-state index contributed by atoms with van der Waals surface area (Å²) in [5, 5.41) is 0. The van der Waals surface area contributed by atoms with Crippen LogP contribution in [0.25, 0.3) is 0 Å². The minimum absolute atomic E-state index is 0. The van der Waals surface area contributed by atoms with E-state index in [4.69, 9.17) is 0 Å². The van der Waals surface area contributed by atoms with Crippen LogP contribution in [0.2, 0.25) is 0 Å². The summed E-state index contributed by atoms with van der Waals surface area (Å²) in [4.78, 5) is 9.41. The Morgan fingerprint density at radius 2 is 1.33 bits per heavy atom. The maximum atomic E-state index is 11.4. The van der Waals surface area contributed by atoms with Crippen molar-refractivity contribution in [3.8, 4) is 0 Å². The van der Waals surface area contributed by atoms with Crippen LogP contribution in [0.4, 0.5) is 0 Å². The van der Waals surface area contributed by atoms with E-state index in [1.54, 1.807) is 0 Å². The molecular weight excluding hydrogens is 182 g/mol. The molecule has 0 amide bonds. The monoisotopic (exact) mass is 202 g/mol. The van der Waals surface area contributed by atoms with Crippen molar-refractivity contribution in [3.05, 3.63) is 0 Å². The topological polar surface area (TPSA) is 37.3 Å². The molecule has 0 aliphatic carbocycles. The molecule has 0 aliphatic rings. The Morgan fingerprint density at radius 3 is 1.50 bits per heavy atom. The van der Waals surface area contributed by atoms with Gasteiger partial charge in [-0.25, -0.2) is 0 Å². The van der Waals surface area contributed by atoms with Gasteiger partial charge in [-0.05, 0) is 11.8 Å². The van der Waals surface area contributed by atoms with Crippen molar-refractivity contribution in [2.45, 2.75) is 27.7 Å². The zero-order valence-electron chi connectivity index (χ0n) is 7.87. The molecule has 0 rings (SSSR count). The molecule has 1 N–H and O–H groups in total. The van der Waals surface area contributed by atoms with E-state index in [9.17, 15) is 9.46 Å². The molecule has 0 atom stereocenters. The Hall–Kier alpha value is 1.19. The fourth-order valence-electron chi connectivity index (χ4n) is 1.22. The zero-order valence-corrected chi connectivity index (χ0v) is 8.77. The predicted molar refractivity (Wildman–Crippen MR) is 56.4 cm³/mol. The quantitative estimate of drug-likeness (QED) is 0.558. The second-order valence-electron chi connectivity index (χ2n) is 4.00. The SMILES string of the molecule is CC(C)CP(=O)(O)CC(C)C.[NaH]. The summed E-state index contributed by atoms with van der Waals surface area (Å²) in [6, 6.07) is 0. The average molecular weight is 202 g/mol. The second kappa shape index (κ2) is 6.62. The molecule has 4 heteroatoms. The van der Waals surface area contributed by atoms with Gasteiger partial charge >= 0.3 is 29.6 Å². The molecule has 0 fully saturated rings. The summed E-state index contributed by atoms with van der Waals surface area (Å²) in [6.07, 6.45) is 0.927. The standard InChI is InChI=1S/C8H19O2P.Na.H/c1-7(2)5-11(9,10)6-8(3)4;;/h7-8H,5-6H2,1-4H3,(H,9,10);;. The number of hydrogen-bond donors (Lipinski definition) is 1. The number of hydrogen-bond acceptors (Lipinski definition) is 1. The van der Waals surface area contributed by atoms with Crippen LogP contribution < -0.4 is 0 Å². The first-order valence-corrected chi connectivity index (χ1v) is 6.17. The van der Waals surface area contributed by atoms with Crippen LogP contribution in [0.1, 0.15) is 27.7 Å². The summed E-state index contributed by atoms with van der Waals surface area (Å²) in [5.41, 5.74) is 0. The molecule has 0 unspecified atom stereocenters. The summed E-state index contributed by atoms with van der Waals surface area (Å²) < 4.78 is 11.4. The molecule has 0 aromatic rings. The molecule has 0 saturated heterocycles. The van der Waals surface area contributed by atoms with E-state index >= 15 is 0 Å². The Morgan fingerprint density at radius 1 is 1.08 bits per heavy atom. The third kappa shape index (κ3) is 9.28. The molecule has 12 heavy (non-hydrogen) atoms. The first kappa shape index (κ1) is 15.7. The van der Waals surface area contributed by atoms with Gasteiger partial charge in [-0.3, -0.25) is 4.57 Å². The van der Waals surface area contributed by atoms with Crippen LogP contribution in [0, 0.1) is 11.8 Å². The van der Waals surface area contributed by atoms with Crippen molar-refractivity contribution < 1.29 is 9.46 Å². The molecule has 0 aromatic carbocycles. The van der Waals surface area contributed by atoms with Gasteiger partial charge in [0.1, 0.15) is 0 Å². The van der Waals surface area contributed by atoms with Crippen molar-refractivity contribution in [1.82, 2.24) is 0 Å². The van der Waals surface area contributed by atoms with E-state index in [-0.39, 0.29) is 29.6 Å². The zero-order chi connectivity index (χ0) is 9.07. The third-order valence-corrected chi connectivity index (χ3v) is 3.90. The first-order valence-electron chi connectivity index (χ1n) is 4.14. The van der Waals surface area contributed by atoms with E-state index < -0.39 is 7.37 Å². The van der Waals surface area contributed by atoms with Crippen molar-refractivity contribution >= 4 is 36.9 Å². The van der Waals surface area contributed by atoms with Gasteiger partial charge in [-0.2, -0.15) is 0 Å². The molecule has 0 radical (unpaired) electrons. The molecule has 0 aromatic heterocycles. The van der Waals surface area contributed by atoms with Crippen LogP contribution in [0.5, 0.6) is 0 Å². The van der Waals surface area contributed by atoms with Gasteiger partial charge in [-0.15, -0.1) is 0 Å². The fourth-order valence-corrected chi connectivity index (χ4v) is 3.65. The summed E-state index contributed by atoms with van der Waals surface area (Å²) in [5.74, 6) is 0.647. The first-order chi connectivity index (χ1) is 4.83. The van der Waals surface area contributed by atoms with Crippen LogP contribution in [0.15, 0.2) is 0 Å². The summed E-state index contributed by atoms with van der Waals surface area (Å²) in [7, 11) is -2.80. The maximum absolute atomic E-state index is 11.4. The number of rotatable bonds is 4. The molecule has 0 saturated carbocycles. The van der Waals surface area contributed by atoms with E-state index in [0.29, 0.717) is 24.2 Å². The Labute approximate surface area is 97.9 Å². The molecule has 0 spiro atoms. The van der Waals surface area contributed by atoms with Crippen molar-refractivity contribution in [1.29, 1.82) is 0 Å². The Bertz CT molecular complexity index is 143. The fraction of sp³-hybridized carbons (Fsp3) is 1.00. The van der Waals surface area contributed by atoms with Crippen molar-refractivity contribution in [2.24, 2.45) is 11.8 Å². The van der Waals surface area contributed by atoms with E-state index in [1.807, 2.05) is 27.7 Å². The van der Waals surface area contributed by atoms with Gasteiger partial charge in [0.15, 0.2) is 0 Å². The van der Waals surface area contributed by atoms with Gasteiger partial charge in [0.25, 0.3) is 0 Å². The van der Waals surface area contributed by atoms with Gasteiger partial charge in [0, 0.05) is 12.3 Å². The van der Waals surface area contributed by atoms with Crippen molar-refractivity contribution in [2.75, 3.05) is 12.3 Å².